The van der Waals surface area contributed by atoms with Crippen LogP contribution in [0.1, 0.15) is 37.6 Å². The lowest BCUT2D eigenvalue weighted by molar-refractivity contribution is 0.456. The smallest absolute Gasteiger partial charge is 0.219 e. The molecule has 0 saturated carbocycles. The summed E-state index contributed by atoms with van der Waals surface area (Å²) in [5.41, 5.74) is 8.72. The van der Waals surface area contributed by atoms with Crippen molar-refractivity contribution in [2.24, 2.45) is 5.73 Å². The Balaban J connectivity index is 2.28. The largest absolute Gasteiger partial charge is 0.439 e. The molecular weight excluding hydrogens is 284 g/mol. The summed E-state index contributed by atoms with van der Waals surface area (Å²) in [6.07, 6.45) is 0. The summed E-state index contributed by atoms with van der Waals surface area (Å²) in [7, 11) is 0. The molecule has 0 unspecified atom stereocenters. The van der Waals surface area contributed by atoms with Crippen molar-refractivity contribution in [3.8, 4) is 11.6 Å². The van der Waals surface area contributed by atoms with Gasteiger partial charge in [-0.1, -0.05) is 44.5 Å². The molecule has 2 N–H and O–H groups in total. The molecule has 0 fully saturated rings. The van der Waals surface area contributed by atoms with E-state index in [4.69, 9.17) is 22.1 Å². The number of rotatable bonds is 3. The Hall–Kier alpha value is -1.58. The van der Waals surface area contributed by atoms with Gasteiger partial charge in [0.25, 0.3) is 0 Å². The number of aromatic nitrogens is 1. The Labute approximate surface area is 131 Å². The van der Waals surface area contributed by atoms with Gasteiger partial charge in [0.2, 0.25) is 5.88 Å². The van der Waals surface area contributed by atoms with E-state index in [0.717, 1.165) is 11.3 Å². The number of nitrogens with two attached hydrogens (primary N) is 1. The number of hydrogen-bond acceptors (Lipinski definition) is 3. The highest BCUT2D eigenvalue weighted by Crippen LogP contribution is 2.30. The summed E-state index contributed by atoms with van der Waals surface area (Å²) < 4.78 is 5.85. The summed E-state index contributed by atoms with van der Waals surface area (Å²) in [5.74, 6) is 1.30. The van der Waals surface area contributed by atoms with Crippen molar-refractivity contribution in [3.63, 3.8) is 0 Å². The van der Waals surface area contributed by atoms with Gasteiger partial charge >= 0.3 is 0 Å². The third-order valence-corrected chi connectivity index (χ3v) is 3.69. The first-order valence-corrected chi connectivity index (χ1v) is 7.33. The maximum atomic E-state index is 6.00. The van der Waals surface area contributed by atoms with Crippen LogP contribution in [0.4, 0.5) is 0 Å². The number of benzene rings is 1. The van der Waals surface area contributed by atoms with Crippen LogP contribution in [0, 0.1) is 6.92 Å². The Morgan fingerprint density at radius 2 is 1.90 bits per heavy atom. The monoisotopic (exact) mass is 304 g/mol. The molecule has 2 rings (SSSR count). The molecule has 0 spiro atoms. The van der Waals surface area contributed by atoms with Crippen LogP contribution >= 0.6 is 11.6 Å². The van der Waals surface area contributed by atoms with Crippen LogP contribution in [0.3, 0.4) is 0 Å². The molecular formula is C17H21ClN2O. The minimum atomic E-state index is 0.120. The quantitative estimate of drug-likeness (QED) is 0.902. The minimum Gasteiger partial charge on any atom is -0.439 e. The van der Waals surface area contributed by atoms with E-state index in [1.54, 1.807) is 12.1 Å². The summed E-state index contributed by atoms with van der Waals surface area (Å²) in [6.45, 7) is 8.89. The molecule has 21 heavy (non-hydrogen) atoms. The molecule has 0 radical (unpaired) electrons. The fraction of sp³-hybridized carbons (Fsp3) is 0.353. The summed E-state index contributed by atoms with van der Waals surface area (Å²) >= 11 is 6.00. The summed E-state index contributed by atoms with van der Waals surface area (Å²) in [6, 6.07) is 9.72. The van der Waals surface area contributed by atoms with Gasteiger partial charge < -0.3 is 10.5 Å². The number of hydrogen-bond donors (Lipinski definition) is 1. The van der Waals surface area contributed by atoms with Crippen LogP contribution in [-0.4, -0.2) is 4.98 Å². The first-order chi connectivity index (χ1) is 9.81. The van der Waals surface area contributed by atoms with E-state index in [0.29, 0.717) is 16.6 Å². The molecule has 112 valence electrons. The molecule has 3 nitrogen and oxygen atoms in total. The van der Waals surface area contributed by atoms with Gasteiger partial charge in [-0.05, 0) is 35.6 Å². The second-order valence-corrected chi connectivity index (χ2v) is 6.52. The molecule has 1 heterocycles. The van der Waals surface area contributed by atoms with Crippen molar-refractivity contribution in [3.05, 3.63) is 52.2 Å². The number of pyridine rings is 1. The standard InChI is InChI=1S/C17H21ClN2O/c1-11-9-12(17(2,3)4)5-7-15(11)21-16-8-6-13(18)14(10-19)20-16/h5-9H,10,19H2,1-4H3. The van der Waals surface area contributed by atoms with E-state index in [2.05, 4.69) is 37.9 Å². The Morgan fingerprint density at radius 1 is 1.19 bits per heavy atom. The molecule has 0 aliphatic carbocycles. The predicted molar refractivity (Wildman–Crippen MR) is 87.1 cm³/mol. The van der Waals surface area contributed by atoms with Gasteiger partial charge in [0, 0.05) is 12.6 Å². The van der Waals surface area contributed by atoms with Gasteiger partial charge in [-0.15, -0.1) is 0 Å². The lowest BCUT2D eigenvalue weighted by Gasteiger charge is -2.20. The maximum Gasteiger partial charge on any atom is 0.219 e. The SMILES string of the molecule is Cc1cc(C(C)(C)C)ccc1Oc1ccc(Cl)c(CN)n1. The second-order valence-electron chi connectivity index (χ2n) is 6.11. The topological polar surface area (TPSA) is 48.1 Å². The Kier molecular flexibility index (Phi) is 4.55. The predicted octanol–water partition coefficient (Wildman–Crippen LogP) is 4.59. The number of aryl methyl sites for hydroxylation is 1. The molecule has 0 bridgehead atoms. The average Bonchev–Trinajstić information content (AvgIpc) is 2.42. The van der Waals surface area contributed by atoms with Crippen LogP contribution in [0.5, 0.6) is 11.6 Å². The van der Waals surface area contributed by atoms with Crippen molar-refractivity contribution in [2.45, 2.75) is 39.7 Å². The average molecular weight is 305 g/mol. The highest BCUT2D eigenvalue weighted by Gasteiger charge is 2.15. The van der Waals surface area contributed by atoms with Crippen molar-refractivity contribution in [2.75, 3.05) is 0 Å². The molecule has 1 aromatic heterocycles. The van der Waals surface area contributed by atoms with E-state index in [-0.39, 0.29) is 12.0 Å². The third-order valence-electron chi connectivity index (χ3n) is 3.34. The fourth-order valence-corrected chi connectivity index (χ4v) is 2.19. The van der Waals surface area contributed by atoms with E-state index in [1.165, 1.54) is 5.56 Å². The van der Waals surface area contributed by atoms with Gasteiger partial charge in [0.1, 0.15) is 5.75 Å². The lowest BCUT2D eigenvalue weighted by Crippen LogP contribution is -2.11. The van der Waals surface area contributed by atoms with Gasteiger partial charge in [-0.3, -0.25) is 0 Å². The van der Waals surface area contributed by atoms with Crippen molar-refractivity contribution < 1.29 is 4.74 Å². The van der Waals surface area contributed by atoms with E-state index in [1.807, 2.05) is 13.0 Å². The van der Waals surface area contributed by atoms with Crippen LogP contribution in [-0.2, 0) is 12.0 Å². The second kappa shape index (κ2) is 6.04. The Morgan fingerprint density at radius 3 is 2.48 bits per heavy atom. The molecule has 1 aromatic carbocycles. The molecule has 0 amide bonds. The molecule has 0 aliphatic rings. The normalized spacial score (nSPS) is 11.5. The van der Waals surface area contributed by atoms with Crippen LogP contribution in [0.25, 0.3) is 0 Å². The first-order valence-electron chi connectivity index (χ1n) is 6.95. The highest BCUT2D eigenvalue weighted by molar-refractivity contribution is 6.31. The molecule has 2 aromatic rings. The number of nitrogens with zero attached hydrogens (tertiary/aromatic N) is 1. The van der Waals surface area contributed by atoms with Gasteiger partial charge in [0.05, 0.1) is 10.7 Å². The van der Waals surface area contributed by atoms with Crippen LogP contribution in [0.15, 0.2) is 30.3 Å². The first kappa shape index (κ1) is 15.8. The zero-order chi connectivity index (χ0) is 15.6. The van der Waals surface area contributed by atoms with E-state index >= 15 is 0 Å². The van der Waals surface area contributed by atoms with Gasteiger partial charge in [-0.2, -0.15) is 0 Å². The third kappa shape index (κ3) is 3.74. The van der Waals surface area contributed by atoms with E-state index < -0.39 is 0 Å². The van der Waals surface area contributed by atoms with Crippen LogP contribution < -0.4 is 10.5 Å². The van der Waals surface area contributed by atoms with Crippen molar-refractivity contribution in [1.29, 1.82) is 0 Å². The lowest BCUT2D eigenvalue weighted by atomic mass is 9.86. The van der Waals surface area contributed by atoms with Crippen LogP contribution in [0.2, 0.25) is 5.02 Å². The number of halogens is 1. The molecule has 0 atom stereocenters. The zero-order valence-electron chi connectivity index (χ0n) is 12.9. The summed E-state index contributed by atoms with van der Waals surface area (Å²) in [5, 5.41) is 0.560. The minimum absolute atomic E-state index is 0.120. The van der Waals surface area contributed by atoms with Crippen molar-refractivity contribution in [1.82, 2.24) is 4.98 Å². The molecule has 4 heteroatoms. The fourth-order valence-electron chi connectivity index (χ4n) is 2.01. The van der Waals surface area contributed by atoms with Gasteiger partial charge in [0.15, 0.2) is 0 Å². The molecule has 0 aliphatic heterocycles. The zero-order valence-corrected chi connectivity index (χ0v) is 13.7. The molecule has 0 saturated heterocycles. The summed E-state index contributed by atoms with van der Waals surface area (Å²) in [4.78, 5) is 4.32. The van der Waals surface area contributed by atoms with Crippen molar-refractivity contribution >= 4 is 11.6 Å². The highest BCUT2D eigenvalue weighted by atomic mass is 35.5. The van der Waals surface area contributed by atoms with Gasteiger partial charge in [-0.25, -0.2) is 4.98 Å². The van der Waals surface area contributed by atoms with E-state index in [9.17, 15) is 0 Å². The maximum absolute atomic E-state index is 6.00. The number of ether oxygens (including phenoxy) is 1. The Bertz CT molecular complexity index is 648.